The first-order valence-electron chi connectivity index (χ1n) is 32.9. The largest absolute Gasteiger partial charge is 0.454 e. The van der Waals surface area contributed by atoms with Crippen molar-refractivity contribution in [2.24, 2.45) is 0 Å². The van der Waals surface area contributed by atoms with Gasteiger partial charge in [-0.3, -0.25) is 0 Å². The lowest BCUT2D eigenvalue weighted by Crippen LogP contribution is -2.10. The minimum absolute atomic E-state index is 0.839. The number of hydrogen-bond acceptors (Lipinski definition) is 4. The van der Waals surface area contributed by atoms with Gasteiger partial charge in [0.1, 0.15) is 11.2 Å². The number of hydrogen-bond donors (Lipinski definition) is 0. The number of fused-ring (bicyclic) bond motifs is 18. The van der Waals surface area contributed by atoms with Crippen molar-refractivity contribution in [3.05, 3.63) is 328 Å². The van der Waals surface area contributed by atoms with Crippen molar-refractivity contribution in [3.63, 3.8) is 0 Å². The van der Waals surface area contributed by atoms with Crippen LogP contribution in [0.25, 0.3) is 165 Å². The number of anilines is 6. The number of furan rings is 2. The first-order valence-corrected chi connectivity index (χ1v) is 32.9. The first-order chi connectivity index (χ1) is 47.7. The molecule has 6 heteroatoms. The third-order valence-corrected chi connectivity index (χ3v) is 20.3. The lowest BCUT2D eigenvalue weighted by molar-refractivity contribution is 0.669. The van der Waals surface area contributed by atoms with Gasteiger partial charge in [0.15, 0.2) is 11.2 Å². The SMILES string of the molecule is c1ccc(-c2ccc(N(c3cccc4c3oc3ccccc34)c3cccc4c3c3cccc5c6c(-c7ccccc7)c7c(c(-c8ccccc8)c6n4c35)c3cccc4c5c(N(c6ccc(-c8ccccc8)cc6)c6cccc8c6oc6ccccc68)cccc5n7c43)cc2)cc1. The van der Waals surface area contributed by atoms with Gasteiger partial charge in [0, 0.05) is 87.1 Å². The molecule has 0 aliphatic heterocycles. The van der Waals surface area contributed by atoms with Crippen molar-refractivity contribution in [2.75, 3.05) is 9.80 Å². The fraction of sp³-hybridized carbons (Fsp3) is 0. The minimum Gasteiger partial charge on any atom is -0.454 e. The summed E-state index contributed by atoms with van der Waals surface area (Å²) in [6, 6.07) is 119. The predicted octanol–water partition coefficient (Wildman–Crippen LogP) is 25.4. The lowest BCUT2D eigenvalue weighted by Gasteiger charge is -2.27. The van der Waals surface area contributed by atoms with E-state index >= 15 is 0 Å². The van der Waals surface area contributed by atoms with Gasteiger partial charge in [-0.2, -0.15) is 0 Å². The number of aromatic nitrogens is 2. The van der Waals surface area contributed by atoms with E-state index in [1.54, 1.807) is 0 Å². The summed E-state index contributed by atoms with van der Waals surface area (Å²) in [6.07, 6.45) is 0. The van der Waals surface area contributed by atoms with Crippen molar-refractivity contribution >= 4 is 154 Å². The van der Waals surface area contributed by atoms with E-state index in [4.69, 9.17) is 8.83 Å². The molecule has 446 valence electrons. The number of para-hydroxylation sites is 6. The first kappa shape index (κ1) is 52.7. The van der Waals surface area contributed by atoms with Crippen molar-refractivity contribution < 1.29 is 8.83 Å². The second kappa shape index (κ2) is 20.3. The molecule has 96 heavy (non-hydrogen) atoms. The van der Waals surface area contributed by atoms with Crippen molar-refractivity contribution in [3.8, 4) is 44.5 Å². The molecular formula is C90H54N4O2. The van der Waals surface area contributed by atoms with Gasteiger partial charge < -0.3 is 27.4 Å². The summed E-state index contributed by atoms with van der Waals surface area (Å²) in [4.78, 5) is 4.87. The van der Waals surface area contributed by atoms with Crippen LogP contribution >= 0.6 is 0 Å². The van der Waals surface area contributed by atoms with Crippen molar-refractivity contribution in [1.82, 2.24) is 8.80 Å². The Morgan fingerprint density at radius 2 is 0.510 bits per heavy atom. The van der Waals surface area contributed by atoms with Crippen molar-refractivity contribution in [2.45, 2.75) is 0 Å². The van der Waals surface area contributed by atoms with Crippen molar-refractivity contribution in [1.29, 1.82) is 0 Å². The molecule has 21 aromatic rings. The fourth-order valence-electron chi connectivity index (χ4n) is 16.4. The van der Waals surface area contributed by atoms with E-state index in [0.29, 0.717) is 0 Å². The van der Waals surface area contributed by atoms with Gasteiger partial charge >= 0.3 is 0 Å². The maximum atomic E-state index is 6.96. The summed E-state index contributed by atoms with van der Waals surface area (Å²) < 4.78 is 19.2. The summed E-state index contributed by atoms with van der Waals surface area (Å²) in [5, 5.41) is 13.8. The second-order valence-electron chi connectivity index (χ2n) is 25.3. The zero-order valence-corrected chi connectivity index (χ0v) is 51.8. The maximum Gasteiger partial charge on any atom is 0.159 e. The van der Waals surface area contributed by atoms with Crippen LogP contribution in [0.3, 0.4) is 0 Å². The maximum absolute atomic E-state index is 6.96. The molecule has 0 unspecified atom stereocenters. The van der Waals surface area contributed by atoms with Crippen LogP contribution in [-0.2, 0) is 0 Å². The molecule has 21 rings (SSSR count). The highest BCUT2D eigenvalue weighted by molar-refractivity contribution is 6.39. The molecule has 6 nitrogen and oxygen atoms in total. The third-order valence-electron chi connectivity index (χ3n) is 20.3. The zero-order valence-electron chi connectivity index (χ0n) is 51.8. The Labute approximate surface area is 550 Å². The molecule has 0 atom stereocenters. The second-order valence-corrected chi connectivity index (χ2v) is 25.3. The Morgan fingerprint density at radius 1 is 0.208 bits per heavy atom. The molecule has 6 aromatic heterocycles. The number of rotatable bonds is 10. The van der Waals surface area contributed by atoms with Crippen LogP contribution in [-0.4, -0.2) is 8.80 Å². The third kappa shape index (κ3) is 7.40. The summed E-state index contributed by atoms with van der Waals surface area (Å²) in [6.45, 7) is 0. The van der Waals surface area contributed by atoms with E-state index in [1.165, 1.54) is 76.6 Å². The summed E-state index contributed by atoms with van der Waals surface area (Å²) in [5.74, 6) is 0. The molecule has 0 bridgehead atoms. The summed E-state index contributed by atoms with van der Waals surface area (Å²) in [5.41, 5.74) is 25.8. The Balaban J connectivity index is 0.877. The van der Waals surface area contributed by atoms with Gasteiger partial charge in [0.05, 0.1) is 55.8 Å². The zero-order chi connectivity index (χ0) is 62.7. The molecular weight excluding hydrogens is 1170 g/mol. The van der Waals surface area contributed by atoms with Crippen LogP contribution in [0.1, 0.15) is 0 Å². The molecule has 6 heterocycles. The predicted molar refractivity (Wildman–Crippen MR) is 401 cm³/mol. The molecule has 0 aliphatic rings. The molecule has 0 saturated heterocycles. The highest BCUT2D eigenvalue weighted by Gasteiger charge is 2.33. The molecule has 0 N–H and O–H groups in total. The summed E-state index contributed by atoms with van der Waals surface area (Å²) in [7, 11) is 0. The van der Waals surface area contributed by atoms with Crippen LogP contribution in [0.15, 0.2) is 336 Å². The highest BCUT2D eigenvalue weighted by atomic mass is 16.3. The Morgan fingerprint density at radius 3 is 0.917 bits per heavy atom. The fourth-order valence-corrected chi connectivity index (χ4v) is 16.4. The monoisotopic (exact) mass is 1220 g/mol. The molecule has 0 fully saturated rings. The molecule has 0 saturated carbocycles. The van der Waals surface area contributed by atoms with Gasteiger partial charge in [-0.05, 0) is 106 Å². The van der Waals surface area contributed by atoms with Gasteiger partial charge in [-0.25, -0.2) is 0 Å². The van der Waals surface area contributed by atoms with E-state index in [9.17, 15) is 0 Å². The molecule has 15 aromatic carbocycles. The lowest BCUT2D eigenvalue weighted by atomic mass is 9.89. The molecule has 0 spiro atoms. The molecule has 0 amide bonds. The van der Waals surface area contributed by atoms with Crippen LogP contribution in [0, 0.1) is 0 Å². The summed E-state index contributed by atoms with van der Waals surface area (Å²) >= 11 is 0. The van der Waals surface area contributed by atoms with E-state index in [2.05, 4.69) is 346 Å². The van der Waals surface area contributed by atoms with E-state index in [0.717, 1.165) is 122 Å². The van der Waals surface area contributed by atoms with E-state index < -0.39 is 0 Å². The van der Waals surface area contributed by atoms with Gasteiger partial charge in [-0.1, -0.05) is 255 Å². The van der Waals surface area contributed by atoms with Crippen LogP contribution in [0.4, 0.5) is 34.1 Å². The number of benzene rings is 15. The van der Waals surface area contributed by atoms with Gasteiger partial charge in [0.2, 0.25) is 0 Å². The minimum atomic E-state index is 0.839. The van der Waals surface area contributed by atoms with Gasteiger partial charge in [-0.15, -0.1) is 0 Å². The molecule has 0 radical (unpaired) electrons. The quantitative estimate of drug-likeness (QED) is 0.137. The topological polar surface area (TPSA) is 41.6 Å². The standard InChI is InChI=1S/C90H54N4O2/c1-5-23-55(24-6-1)57-47-51-61(52-48-57)91(75-43-19-33-65-63-31-13-15-45-77(63)95-89(65)75)71-39-21-41-73-81(71)67-35-17-37-69-83-80(60-29-11-4-12-30-60)88-84(79(59-27-9-3-10-28-59)87(83)93(73)85(67)69)70-38-18-36-68-82-72(40-22-42-74(82)94(88)86(68)70)92(62-53-49-58(50-54-62)56-25-7-2-8-26-56)76-44-20-34-66-64-32-14-16-46-78(64)96-90(66)76/h1-54H. The molecule has 0 aliphatic carbocycles. The van der Waals surface area contributed by atoms with Crippen LogP contribution < -0.4 is 9.80 Å². The number of nitrogens with zero attached hydrogens (tertiary/aromatic N) is 4. The normalized spacial score (nSPS) is 12.2. The van der Waals surface area contributed by atoms with E-state index in [-0.39, 0.29) is 0 Å². The smallest absolute Gasteiger partial charge is 0.159 e. The Kier molecular flexibility index (Phi) is 11.1. The Bertz CT molecular complexity index is 6260. The van der Waals surface area contributed by atoms with E-state index in [1.807, 2.05) is 0 Å². The highest BCUT2D eigenvalue weighted by Crippen LogP contribution is 2.57. The van der Waals surface area contributed by atoms with Crippen LogP contribution in [0.2, 0.25) is 0 Å². The average Bonchev–Trinajstić information content (AvgIpc) is 1.49. The Hall–Kier alpha value is -12.9. The van der Waals surface area contributed by atoms with Gasteiger partial charge in [0.25, 0.3) is 0 Å². The van der Waals surface area contributed by atoms with Crippen LogP contribution in [0.5, 0.6) is 0 Å². The average molecular weight is 1220 g/mol.